The van der Waals surface area contributed by atoms with Gasteiger partial charge in [0.05, 0.1) is 17.7 Å². The summed E-state index contributed by atoms with van der Waals surface area (Å²) in [5.41, 5.74) is 2.23. The normalized spacial score (nSPS) is 12.3. The van der Waals surface area contributed by atoms with Crippen molar-refractivity contribution in [2.24, 2.45) is 0 Å². The van der Waals surface area contributed by atoms with E-state index in [1.807, 2.05) is 25.1 Å². The highest BCUT2D eigenvalue weighted by molar-refractivity contribution is 5.74. The fourth-order valence-electron chi connectivity index (χ4n) is 1.57. The maximum atomic E-state index is 9.71. The molecule has 0 spiro atoms. The SMILES string of the molecule is Cc1ccc2c(c1)nnn2CC(C)(C)O. The van der Waals surface area contributed by atoms with Gasteiger partial charge in [0.1, 0.15) is 5.52 Å². The minimum absolute atomic E-state index is 0.451. The van der Waals surface area contributed by atoms with Crippen LogP contribution in [0.15, 0.2) is 18.2 Å². The fourth-order valence-corrected chi connectivity index (χ4v) is 1.57. The van der Waals surface area contributed by atoms with Crippen LogP contribution in [-0.2, 0) is 6.54 Å². The van der Waals surface area contributed by atoms with Gasteiger partial charge in [-0.3, -0.25) is 0 Å². The first-order valence-corrected chi connectivity index (χ1v) is 4.98. The Labute approximate surface area is 88.5 Å². The van der Waals surface area contributed by atoms with Crippen molar-refractivity contribution in [1.82, 2.24) is 15.0 Å². The molecule has 4 heteroatoms. The lowest BCUT2D eigenvalue weighted by Crippen LogP contribution is -2.26. The lowest BCUT2D eigenvalue weighted by molar-refractivity contribution is 0.0585. The predicted molar refractivity (Wildman–Crippen MR) is 58.6 cm³/mol. The predicted octanol–water partition coefficient (Wildman–Crippen LogP) is 1.51. The number of benzene rings is 1. The molecule has 0 aliphatic rings. The molecule has 2 aromatic rings. The van der Waals surface area contributed by atoms with E-state index < -0.39 is 5.60 Å². The zero-order valence-electron chi connectivity index (χ0n) is 9.23. The van der Waals surface area contributed by atoms with E-state index in [0.29, 0.717) is 6.54 Å². The Morgan fingerprint density at radius 3 is 2.80 bits per heavy atom. The minimum atomic E-state index is -0.772. The summed E-state index contributed by atoms with van der Waals surface area (Å²) in [5.74, 6) is 0. The molecule has 0 bridgehead atoms. The molecule has 4 nitrogen and oxygen atoms in total. The summed E-state index contributed by atoms with van der Waals surface area (Å²) in [6.07, 6.45) is 0. The quantitative estimate of drug-likeness (QED) is 0.808. The molecule has 0 aliphatic heterocycles. The zero-order chi connectivity index (χ0) is 11.1. The van der Waals surface area contributed by atoms with Crippen molar-refractivity contribution in [3.05, 3.63) is 23.8 Å². The van der Waals surface area contributed by atoms with Crippen molar-refractivity contribution >= 4 is 11.0 Å². The molecule has 1 aromatic carbocycles. The van der Waals surface area contributed by atoms with E-state index in [4.69, 9.17) is 0 Å². The number of hydrogen-bond acceptors (Lipinski definition) is 3. The fraction of sp³-hybridized carbons (Fsp3) is 0.455. The summed E-state index contributed by atoms with van der Waals surface area (Å²) >= 11 is 0. The first-order valence-electron chi connectivity index (χ1n) is 4.98. The van der Waals surface area contributed by atoms with Crippen LogP contribution in [0, 0.1) is 6.92 Å². The van der Waals surface area contributed by atoms with E-state index >= 15 is 0 Å². The Balaban J connectivity index is 2.45. The molecule has 0 aliphatic carbocycles. The number of hydrogen-bond donors (Lipinski definition) is 1. The van der Waals surface area contributed by atoms with Crippen molar-refractivity contribution in [2.75, 3.05) is 0 Å². The third kappa shape index (κ3) is 2.15. The van der Waals surface area contributed by atoms with Gasteiger partial charge in [-0.15, -0.1) is 5.10 Å². The molecule has 1 heterocycles. The van der Waals surface area contributed by atoms with Gasteiger partial charge in [-0.25, -0.2) is 4.68 Å². The standard InChI is InChI=1S/C11H15N3O/c1-8-4-5-10-9(6-8)12-13-14(10)7-11(2,3)15/h4-6,15H,7H2,1-3H3. The number of aromatic nitrogens is 3. The molecule has 1 aromatic heterocycles. The maximum Gasteiger partial charge on any atom is 0.113 e. The summed E-state index contributed by atoms with van der Waals surface area (Å²) in [6, 6.07) is 5.99. The highest BCUT2D eigenvalue weighted by atomic mass is 16.3. The lowest BCUT2D eigenvalue weighted by Gasteiger charge is -2.16. The number of fused-ring (bicyclic) bond motifs is 1. The minimum Gasteiger partial charge on any atom is -0.389 e. The molecule has 0 fully saturated rings. The van der Waals surface area contributed by atoms with Crippen LogP contribution in [0.2, 0.25) is 0 Å². The summed E-state index contributed by atoms with van der Waals surface area (Å²) in [4.78, 5) is 0. The molecule has 0 amide bonds. The molecule has 2 rings (SSSR count). The third-order valence-corrected chi connectivity index (χ3v) is 2.21. The van der Waals surface area contributed by atoms with Gasteiger partial charge < -0.3 is 5.11 Å². The zero-order valence-corrected chi connectivity index (χ0v) is 9.23. The molecule has 0 saturated carbocycles. The molecular formula is C11H15N3O. The van der Waals surface area contributed by atoms with Gasteiger partial charge in [-0.05, 0) is 38.5 Å². The van der Waals surface area contributed by atoms with Crippen LogP contribution in [0.1, 0.15) is 19.4 Å². The van der Waals surface area contributed by atoms with Crippen molar-refractivity contribution in [2.45, 2.75) is 32.9 Å². The van der Waals surface area contributed by atoms with Crippen LogP contribution < -0.4 is 0 Å². The second kappa shape index (κ2) is 3.31. The molecular weight excluding hydrogens is 190 g/mol. The highest BCUT2D eigenvalue weighted by Gasteiger charge is 2.16. The van der Waals surface area contributed by atoms with Crippen LogP contribution in [-0.4, -0.2) is 25.7 Å². The highest BCUT2D eigenvalue weighted by Crippen LogP contribution is 2.15. The average Bonchev–Trinajstić information content (AvgIpc) is 2.45. The van der Waals surface area contributed by atoms with Crippen LogP contribution in [0.4, 0.5) is 0 Å². The topological polar surface area (TPSA) is 50.9 Å². The van der Waals surface area contributed by atoms with Gasteiger partial charge in [0.25, 0.3) is 0 Å². The van der Waals surface area contributed by atoms with E-state index in [0.717, 1.165) is 16.6 Å². The van der Waals surface area contributed by atoms with E-state index in [2.05, 4.69) is 10.3 Å². The van der Waals surface area contributed by atoms with Crippen LogP contribution in [0.3, 0.4) is 0 Å². The van der Waals surface area contributed by atoms with Crippen LogP contribution in [0.5, 0.6) is 0 Å². The van der Waals surface area contributed by atoms with Crippen molar-refractivity contribution in [1.29, 1.82) is 0 Å². The number of nitrogens with zero attached hydrogens (tertiary/aromatic N) is 3. The Bertz CT molecular complexity index is 482. The van der Waals surface area contributed by atoms with E-state index in [1.54, 1.807) is 18.5 Å². The summed E-state index contributed by atoms with van der Waals surface area (Å²) in [6.45, 7) is 5.99. The van der Waals surface area contributed by atoms with E-state index in [1.165, 1.54) is 0 Å². The summed E-state index contributed by atoms with van der Waals surface area (Å²) in [5, 5.41) is 17.8. The van der Waals surface area contributed by atoms with Gasteiger partial charge in [0.2, 0.25) is 0 Å². The molecule has 80 valence electrons. The molecule has 0 unspecified atom stereocenters. The second-order valence-electron chi connectivity index (χ2n) is 4.55. The number of aryl methyl sites for hydroxylation is 1. The van der Waals surface area contributed by atoms with Gasteiger partial charge in [-0.2, -0.15) is 0 Å². The summed E-state index contributed by atoms with van der Waals surface area (Å²) < 4.78 is 1.73. The Morgan fingerprint density at radius 2 is 2.13 bits per heavy atom. The van der Waals surface area contributed by atoms with Gasteiger partial charge >= 0.3 is 0 Å². The monoisotopic (exact) mass is 205 g/mol. The molecule has 0 radical (unpaired) electrons. The number of rotatable bonds is 2. The average molecular weight is 205 g/mol. The maximum absolute atomic E-state index is 9.71. The Morgan fingerprint density at radius 1 is 1.40 bits per heavy atom. The molecule has 0 atom stereocenters. The molecule has 15 heavy (non-hydrogen) atoms. The lowest BCUT2D eigenvalue weighted by atomic mass is 10.1. The van der Waals surface area contributed by atoms with Crippen LogP contribution >= 0.6 is 0 Å². The van der Waals surface area contributed by atoms with Gasteiger partial charge in [-0.1, -0.05) is 11.3 Å². The van der Waals surface area contributed by atoms with Crippen molar-refractivity contribution < 1.29 is 5.11 Å². The smallest absolute Gasteiger partial charge is 0.113 e. The Kier molecular flexibility index (Phi) is 2.23. The second-order valence-corrected chi connectivity index (χ2v) is 4.55. The third-order valence-electron chi connectivity index (χ3n) is 2.21. The first-order chi connectivity index (χ1) is 6.96. The van der Waals surface area contributed by atoms with Crippen molar-refractivity contribution in [3.8, 4) is 0 Å². The Hall–Kier alpha value is -1.42. The summed E-state index contributed by atoms with van der Waals surface area (Å²) in [7, 11) is 0. The van der Waals surface area contributed by atoms with Crippen molar-refractivity contribution in [3.63, 3.8) is 0 Å². The molecule has 1 N–H and O–H groups in total. The first kappa shape index (κ1) is 10.1. The molecule has 0 saturated heterocycles. The van der Waals surface area contributed by atoms with E-state index in [-0.39, 0.29) is 0 Å². The number of aliphatic hydroxyl groups is 1. The largest absolute Gasteiger partial charge is 0.389 e. The van der Waals surface area contributed by atoms with E-state index in [9.17, 15) is 5.11 Å². The van der Waals surface area contributed by atoms with Crippen LogP contribution in [0.25, 0.3) is 11.0 Å². The van der Waals surface area contributed by atoms with Gasteiger partial charge in [0.15, 0.2) is 0 Å². The van der Waals surface area contributed by atoms with Gasteiger partial charge in [0, 0.05) is 0 Å².